The Hall–Kier alpha value is -3.14. The standard InChI is InChI=1S/C24H24O4/c1-15(25)23(16(2)26)24(19-8-6-5-7-9-19)21-14-22(28-17(21)3)18-10-12-20(27-4)13-11-18/h5-14,23-24H,1-4H3. The lowest BCUT2D eigenvalue weighted by Gasteiger charge is -2.23. The van der Waals surface area contributed by atoms with Gasteiger partial charge >= 0.3 is 0 Å². The Labute approximate surface area is 165 Å². The predicted octanol–water partition coefficient (Wildman–Crippen LogP) is 5.19. The molecule has 1 atom stereocenters. The summed E-state index contributed by atoms with van der Waals surface area (Å²) in [5.74, 6) is 0.743. The third-order valence-corrected chi connectivity index (χ3v) is 5.03. The summed E-state index contributed by atoms with van der Waals surface area (Å²) >= 11 is 0. The van der Waals surface area contributed by atoms with Crippen molar-refractivity contribution in [3.63, 3.8) is 0 Å². The molecule has 0 bridgehead atoms. The number of ketones is 2. The summed E-state index contributed by atoms with van der Waals surface area (Å²) in [4.78, 5) is 24.7. The maximum atomic E-state index is 12.4. The fraction of sp³-hybridized carbons (Fsp3) is 0.250. The number of aryl methyl sites for hydroxylation is 1. The van der Waals surface area contributed by atoms with Crippen molar-refractivity contribution in [2.24, 2.45) is 5.92 Å². The van der Waals surface area contributed by atoms with Crippen molar-refractivity contribution in [2.75, 3.05) is 7.11 Å². The number of hydrogen-bond acceptors (Lipinski definition) is 4. The van der Waals surface area contributed by atoms with E-state index in [-0.39, 0.29) is 17.5 Å². The summed E-state index contributed by atoms with van der Waals surface area (Å²) in [6.45, 7) is 4.82. The minimum absolute atomic E-state index is 0.145. The van der Waals surface area contributed by atoms with Gasteiger partial charge in [0.05, 0.1) is 13.0 Å². The molecule has 0 spiro atoms. The molecule has 28 heavy (non-hydrogen) atoms. The molecule has 0 fully saturated rings. The van der Waals surface area contributed by atoms with Gasteiger partial charge in [-0.3, -0.25) is 9.59 Å². The number of rotatable bonds is 7. The lowest BCUT2D eigenvalue weighted by Crippen LogP contribution is -2.28. The van der Waals surface area contributed by atoms with Crippen molar-refractivity contribution in [3.05, 3.63) is 77.6 Å². The molecule has 3 aromatic rings. The second-order valence-corrected chi connectivity index (χ2v) is 6.94. The second kappa shape index (κ2) is 8.26. The quantitative estimate of drug-likeness (QED) is 0.533. The summed E-state index contributed by atoms with van der Waals surface area (Å²) in [6, 6.07) is 19.2. The Kier molecular flexibility index (Phi) is 5.78. The van der Waals surface area contributed by atoms with Crippen LogP contribution in [0, 0.1) is 12.8 Å². The van der Waals surface area contributed by atoms with Gasteiger partial charge in [0.15, 0.2) is 0 Å². The molecule has 1 aromatic heterocycles. The van der Waals surface area contributed by atoms with Crippen LogP contribution in [0.4, 0.5) is 0 Å². The number of ether oxygens (including phenoxy) is 1. The number of carbonyl (C=O) groups is 2. The van der Waals surface area contributed by atoms with Crippen molar-refractivity contribution in [1.82, 2.24) is 0 Å². The van der Waals surface area contributed by atoms with Crippen molar-refractivity contribution in [1.29, 1.82) is 0 Å². The lowest BCUT2D eigenvalue weighted by atomic mass is 9.77. The predicted molar refractivity (Wildman–Crippen MR) is 109 cm³/mol. The van der Waals surface area contributed by atoms with Crippen LogP contribution in [0.15, 0.2) is 65.1 Å². The van der Waals surface area contributed by atoms with E-state index in [1.807, 2.05) is 67.6 Å². The van der Waals surface area contributed by atoms with Crippen molar-refractivity contribution in [2.45, 2.75) is 26.7 Å². The van der Waals surface area contributed by atoms with Crippen LogP contribution in [0.1, 0.15) is 36.7 Å². The van der Waals surface area contributed by atoms with Crippen LogP contribution in [0.25, 0.3) is 11.3 Å². The summed E-state index contributed by atoms with van der Waals surface area (Å²) in [5, 5.41) is 0. The molecule has 0 saturated heterocycles. The highest BCUT2D eigenvalue weighted by molar-refractivity contribution is 6.01. The first-order valence-electron chi connectivity index (χ1n) is 9.23. The lowest BCUT2D eigenvalue weighted by molar-refractivity contribution is -0.130. The molecule has 0 saturated carbocycles. The van der Waals surface area contributed by atoms with E-state index in [1.165, 1.54) is 13.8 Å². The first-order chi connectivity index (χ1) is 13.4. The molecule has 4 nitrogen and oxygen atoms in total. The SMILES string of the molecule is COc1ccc(-c2cc(C(c3ccccc3)C(C(C)=O)C(C)=O)c(C)o2)cc1. The summed E-state index contributed by atoms with van der Waals surface area (Å²) < 4.78 is 11.2. The van der Waals surface area contributed by atoms with Crippen LogP contribution in [-0.2, 0) is 9.59 Å². The molecule has 0 amide bonds. The van der Waals surface area contributed by atoms with Crippen LogP contribution >= 0.6 is 0 Å². The van der Waals surface area contributed by atoms with Gasteiger partial charge in [0.25, 0.3) is 0 Å². The number of carbonyl (C=O) groups excluding carboxylic acids is 2. The Balaban J connectivity index is 2.11. The number of methoxy groups -OCH3 is 1. The summed E-state index contributed by atoms with van der Waals surface area (Å²) in [6.07, 6.45) is 0. The largest absolute Gasteiger partial charge is 0.497 e. The van der Waals surface area contributed by atoms with Crippen molar-refractivity contribution >= 4 is 11.6 Å². The smallest absolute Gasteiger partial charge is 0.141 e. The zero-order valence-electron chi connectivity index (χ0n) is 16.6. The highest BCUT2D eigenvalue weighted by Gasteiger charge is 2.34. The van der Waals surface area contributed by atoms with Gasteiger partial charge in [-0.25, -0.2) is 0 Å². The summed E-state index contributed by atoms with van der Waals surface area (Å²) in [7, 11) is 1.62. The molecule has 1 unspecified atom stereocenters. The Morgan fingerprint density at radius 3 is 2.07 bits per heavy atom. The second-order valence-electron chi connectivity index (χ2n) is 6.94. The topological polar surface area (TPSA) is 56.5 Å². The molecule has 0 aliphatic rings. The van der Waals surface area contributed by atoms with Gasteiger partial charge in [-0.05, 0) is 56.7 Å². The van der Waals surface area contributed by atoms with Gasteiger partial charge in [-0.1, -0.05) is 30.3 Å². The number of hydrogen-bond donors (Lipinski definition) is 0. The first-order valence-corrected chi connectivity index (χ1v) is 9.23. The molecule has 0 N–H and O–H groups in total. The van der Waals surface area contributed by atoms with Crippen molar-refractivity contribution < 1.29 is 18.7 Å². The van der Waals surface area contributed by atoms with Gasteiger partial charge in [0.1, 0.15) is 28.8 Å². The van der Waals surface area contributed by atoms with Crippen molar-refractivity contribution in [3.8, 4) is 17.1 Å². The average molecular weight is 376 g/mol. The zero-order chi connectivity index (χ0) is 20.3. The minimum atomic E-state index is -0.748. The van der Waals surface area contributed by atoms with Crippen LogP contribution in [-0.4, -0.2) is 18.7 Å². The van der Waals surface area contributed by atoms with Gasteiger partial charge in [0, 0.05) is 17.0 Å². The van der Waals surface area contributed by atoms with Gasteiger partial charge in [-0.2, -0.15) is 0 Å². The van der Waals surface area contributed by atoms with E-state index in [1.54, 1.807) is 7.11 Å². The molecular weight excluding hydrogens is 352 g/mol. The summed E-state index contributed by atoms with van der Waals surface area (Å²) in [5.41, 5.74) is 2.68. The van der Waals surface area contributed by atoms with Gasteiger partial charge in [-0.15, -0.1) is 0 Å². The molecular formula is C24H24O4. The molecule has 3 rings (SSSR count). The number of benzene rings is 2. The van der Waals surface area contributed by atoms with E-state index in [2.05, 4.69) is 0 Å². The maximum Gasteiger partial charge on any atom is 0.141 e. The van der Waals surface area contributed by atoms with E-state index in [4.69, 9.17) is 9.15 Å². The highest BCUT2D eigenvalue weighted by atomic mass is 16.5. The van der Waals surface area contributed by atoms with E-state index in [9.17, 15) is 9.59 Å². The normalized spacial score (nSPS) is 12.0. The van der Waals surface area contributed by atoms with Crippen LogP contribution in [0.3, 0.4) is 0 Å². The number of Topliss-reactive ketones (excluding diaryl/α,β-unsaturated/α-hetero) is 2. The van der Waals surface area contributed by atoms with Crippen LogP contribution in [0.5, 0.6) is 5.75 Å². The Bertz CT molecular complexity index is 954. The third-order valence-electron chi connectivity index (χ3n) is 5.03. The molecule has 1 heterocycles. The number of furan rings is 1. The monoisotopic (exact) mass is 376 g/mol. The average Bonchev–Trinajstić information content (AvgIpc) is 3.07. The molecule has 0 radical (unpaired) electrons. The molecule has 0 aliphatic carbocycles. The molecule has 0 aliphatic heterocycles. The highest BCUT2D eigenvalue weighted by Crippen LogP contribution is 2.39. The molecule has 4 heteroatoms. The molecule has 144 valence electrons. The fourth-order valence-electron chi connectivity index (χ4n) is 3.67. The van der Waals surface area contributed by atoms with E-state index in [0.29, 0.717) is 11.5 Å². The van der Waals surface area contributed by atoms with Gasteiger partial charge < -0.3 is 9.15 Å². The Morgan fingerprint density at radius 2 is 1.54 bits per heavy atom. The fourth-order valence-corrected chi connectivity index (χ4v) is 3.67. The molecule has 2 aromatic carbocycles. The zero-order valence-corrected chi connectivity index (χ0v) is 16.6. The van der Waals surface area contributed by atoms with Gasteiger partial charge in [0.2, 0.25) is 0 Å². The maximum absolute atomic E-state index is 12.4. The van der Waals surface area contributed by atoms with Crippen LogP contribution < -0.4 is 4.74 Å². The van der Waals surface area contributed by atoms with E-state index < -0.39 is 5.92 Å². The van der Waals surface area contributed by atoms with E-state index in [0.717, 1.165) is 22.4 Å². The Morgan fingerprint density at radius 1 is 0.929 bits per heavy atom. The minimum Gasteiger partial charge on any atom is -0.497 e. The third kappa shape index (κ3) is 3.91. The van der Waals surface area contributed by atoms with E-state index >= 15 is 0 Å². The first kappa shape index (κ1) is 19.6. The van der Waals surface area contributed by atoms with Crippen LogP contribution in [0.2, 0.25) is 0 Å².